The van der Waals surface area contributed by atoms with Crippen LogP contribution in [0.15, 0.2) is 24.4 Å². The van der Waals surface area contributed by atoms with Crippen molar-refractivity contribution in [3.05, 3.63) is 47.2 Å². The molecule has 1 saturated heterocycles. The lowest BCUT2D eigenvalue weighted by Gasteiger charge is -2.23. The number of anilines is 1. The van der Waals surface area contributed by atoms with Crippen LogP contribution in [-0.4, -0.2) is 48.8 Å². The quantitative estimate of drug-likeness (QED) is 0.717. The van der Waals surface area contributed by atoms with E-state index in [-0.39, 0.29) is 11.9 Å². The summed E-state index contributed by atoms with van der Waals surface area (Å²) in [6.45, 7) is 7.72. The third-order valence-electron chi connectivity index (χ3n) is 5.03. The van der Waals surface area contributed by atoms with Crippen molar-refractivity contribution in [1.82, 2.24) is 35.1 Å². The first kappa shape index (κ1) is 18.3. The fraction of sp³-hybridized carbons (Fsp3) is 0.421. The Morgan fingerprint density at radius 1 is 1.21 bits per heavy atom. The molecule has 0 unspecified atom stereocenters. The molecular weight excluding hydrogens is 356 g/mol. The highest BCUT2D eigenvalue weighted by Crippen LogP contribution is 2.21. The summed E-state index contributed by atoms with van der Waals surface area (Å²) in [7, 11) is 0. The van der Waals surface area contributed by atoms with Crippen LogP contribution in [-0.2, 0) is 0 Å². The second-order valence-corrected chi connectivity index (χ2v) is 7.15. The van der Waals surface area contributed by atoms with E-state index in [9.17, 15) is 4.79 Å². The molecule has 146 valence electrons. The van der Waals surface area contributed by atoms with Gasteiger partial charge in [0.25, 0.3) is 5.91 Å². The number of nitrogens with zero attached hydrogens (tertiary/aromatic N) is 6. The molecule has 0 radical (unpaired) electrons. The van der Waals surface area contributed by atoms with Crippen LogP contribution < -0.4 is 10.6 Å². The SMILES string of the molecule is Cc1cc(C)n(-c2ccc(NC(=O)c3nnn(C4CCNCC4)c3C)cn2)n1. The first-order chi connectivity index (χ1) is 13.5. The highest BCUT2D eigenvalue weighted by molar-refractivity contribution is 6.03. The van der Waals surface area contributed by atoms with Gasteiger partial charge in [0.15, 0.2) is 11.5 Å². The number of pyridine rings is 1. The summed E-state index contributed by atoms with van der Waals surface area (Å²) in [6.07, 6.45) is 3.60. The fourth-order valence-corrected chi connectivity index (χ4v) is 3.59. The number of carbonyl (C=O) groups is 1. The molecule has 0 bridgehead atoms. The van der Waals surface area contributed by atoms with Crippen LogP contribution in [0.3, 0.4) is 0 Å². The lowest BCUT2D eigenvalue weighted by Crippen LogP contribution is -2.30. The molecule has 1 fully saturated rings. The molecule has 9 nitrogen and oxygen atoms in total. The Labute approximate surface area is 163 Å². The number of aromatic nitrogens is 6. The third kappa shape index (κ3) is 3.53. The number of amides is 1. The topological polar surface area (TPSA) is 103 Å². The Hall–Kier alpha value is -3.07. The molecule has 9 heteroatoms. The maximum Gasteiger partial charge on any atom is 0.278 e. The molecule has 1 amide bonds. The summed E-state index contributed by atoms with van der Waals surface area (Å²) < 4.78 is 3.65. The average Bonchev–Trinajstić information content (AvgIpc) is 3.24. The van der Waals surface area contributed by atoms with Gasteiger partial charge in [-0.05, 0) is 64.9 Å². The van der Waals surface area contributed by atoms with Gasteiger partial charge in [0.2, 0.25) is 0 Å². The minimum atomic E-state index is -0.279. The average molecular weight is 380 g/mol. The summed E-state index contributed by atoms with van der Waals surface area (Å²) in [5, 5.41) is 18.9. The van der Waals surface area contributed by atoms with Crippen molar-refractivity contribution in [2.24, 2.45) is 0 Å². The predicted octanol–water partition coefficient (Wildman–Crippen LogP) is 1.96. The van der Waals surface area contributed by atoms with E-state index in [4.69, 9.17) is 0 Å². The smallest absolute Gasteiger partial charge is 0.278 e. The first-order valence-corrected chi connectivity index (χ1v) is 9.46. The van der Waals surface area contributed by atoms with Crippen molar-refractivity contribution in [1.29, 1.82) is 0 Å². The molecule has 4 rings (SSSR count). The van der Waals surface area contributed by atoms with E-state index in [1.54, 1.807) is 10.9 Å². The first-order valence-electron chi connectivity index (χ1n) is 9.46. The number of nitrogens with one attached hydrogen (secondary N) is 2. The highest BCUT2D eigenvalue weighted by Gasteiger charge is 2.23. The zero-order valence-corrected chi connectivity index (χ0v) is 16.3. The summed E-state index contributed by atoms with van der Waals surface area (Å²) in [5.41, 5.74) is 3.68. The molecule has 28 heavy (non-hydrogen) atoms. The van der Waals surface area contributed by atoms with Crippen LogP contribution in [0.25, 0.3) is 5.82 Å². The number of aryl methyl sites for hydroxylation is 2. The summed E-state index contributed by atoms with van der Waals surface area (Å²) in [4.78, 5) is 17.1. The number of hydrogen-bond donors (Lipinski definition) is 2. The van der Waals surface area contributed by atoms with E-state index in [1.165, 1.54) is 0 Å². The lowest BCUT2D eigenvalue weighted by molar-refractivity contribution is 0.102. The van der Waals surface area contributed by atoms with Gasteiger partial charge in [-0.25, -0.2) is 14.3 Å². The Balaban J connectivity index is 1.48. The van der Waals surface area contributed by atoms with E-state index >= 15 is 0 Å². The molecule has 0 saturated carbocycles. The van der Waals surface area contributed by atoms with E-state index < -0.39 is 0 Å². The van der Waals surface area contributed by atoms with E-state index in [0.29, 0.717) is 17.2 Å². The minimum Gasteiger partial charge on any atom is -0.319 e. The van der Waals surface area contributed by atoms with E-state index in [1.807, 2.05) is 43.7 Å². The van der Waals surface area contributed by atoms with Gasteiger partial charge < -0.3 is 10.6 Å². The van der Waals surface area contributed by atoms with Crippen LogP contribution in [0.4, 0.5) is 5.69 Å². The van der Waals surface area contributed by atoms with Crippen LogP contribution in [0.2, 0.25) is 0 Å². The number of carbonyl (C=O) groups excluding carboxylic acids is 1. The molecule has 1 aliphatic heterocycles. The minimum absolute atomic E-state index is 0.279. The standard InChI is InChI=1S/C19H24N8O/c1-12-10-13(2)26(24-12)17-5-4-15(11-21-17)22-19(28)18-14(3)27(25-23-18)16-6-8-20-9-7-16/h4-5,10-11,16,20H,6-9H2,1-3H3,(H,22,28). The fourth-order valence-electron chi connectivity index (χ4n) is 3.59. The maximum atomic E-state index is 12.7. The summed E-state index contributed by atoms with van der Waals surface area (Å²) in [6, 6.07) is 5.92. The van der Waals surface area contributed by atoms with Gasteiger partial charge in [0.1, 0.15) is 0 Å². The molecular formula is C19H24N8O. The molecule has 0 aliphatic carbocycles. The lowest BCUT2D eigenvalue weighted by atomic mass is 10.1. The van der Waals surface area contributed by atoms with Gasteiger partial charge in [-0.2, -0.15) is 5.10 Å². The largest absolute Gasteiger partial charge is 0.319 e. The van der Waals surface area contributed by atoms with Crippen molar-refractivity contribution in [2.75, 3.05) is 18.4 Å². The van der Waals surface area contributed by atoms with Crippen molar-refractivity contribution in [3.63, 3.8) is 0 Å². The van der Waals surface area contributed by atoms with Crippen LogP contribution in [0, 0.1) is 20.8 Å². The van der Waals surface area contributed by atoms with Gasteiger partial charge in [0, 0.05) is 5.69 Å². The second-order valence-electron chi connectivity index (χ2n) is 7.15. The number of piperidine rings is 1. The zero-order chi connectivity index (χ0) is 19.7. The molecule has 4 heterocycles. The molecule has 0 spiro atoms. The Morgan fingerprint density at radius 3 is 2.64 bits per heavy atom. The molecule has 2 N–H and O–H groups in total. The molecule has 1 aliphatic rings. The van der Waals surface area contributed by atoms with E-state index in [0.717, 1.165) is 43.0 Å². The zero-order valence-electron chi connectivity index (χ0n) is 16.3. The van der Waals surface area contributed by atoms with E-state index in [2.05, 4.69) is 31.0 Å². The van der Waals surface area contributed by atoms with Crippen LogP contribution in [0.5, 0.6) is 0 Å². The predicted molar refractivity (Wildman–Crippen MR) is 105 cm³/mol. The van der Waals surface area contributed by atoms with Crippen molar-refractivity contribution >= 4 is 11.6 Å². The monoisotopic (exact) mass is 380 g/mol. The molecule has 0 atom stereocenters. The third-order valence-corrected chi connectivity index (χ3v) is 5.03. The second kappa shape index (κ2) is 7.51. The van der Waals surface area contributed by atoms with Gasteiger partial charge in [-0.15, -0.1) is 5.10 Å². The molecule has 3 aromatic heterocycles. The summed E-state index contributed by atoms with van der Waals surface area (Å²) in [5.74, 6) is 0.426. The Morgan fingerprint density at radius 2 is 2.00 bits per heavy atom. The maximum absolute atomic E-state index is 12.7. The summed E-state index contributed by atoms with van der Waals surface area (Å²) >= 11 is 0. The van der Waals surface area contributed by atoms with Gasteiger partial charge in [-0.1, -0.05) is 5.21 Å². The number of hydrogen-bond acceptors (Lipinski definition) is 6. The normalized spacial score (nSPS) is 15.0. The Bertz CT molecular complexity index is 982. The van der Waals surface area contributed by atoms with Crippen LogP contribution in [0.1, 0.15) is 46.5 Å². The van der Waals surface area contributed by atoms with Crippen molar-refractivity contribution < 1.29 is 4.79 Å². The Kier molecular flexibility index (Phi) is 4.91. The molecule has 0 aromatic carbocycles. The van der Waals surface area contributed by atoms with Gasteiger partial charge >= 0.3 is 0 Å². The van der Waals surface area contributed by atoms with Crippen molar-refractivity contribution in [3.8, 4) is 5.82 Å². The van der Waals surface area contributed by atoms with Crippen LogP contribution >= 0.6 is 0 Å². The number of rotatable bonds is 4. The molecule has 3 aromatic rings. The van der Waals surface area contributed by atoms with Gasteiger partial charge in [-0.3, -0.25) is 4.79 Å². The van der Waals surface area contributed by atoms with Gasteiger partial charge in [0.05, 0.1) is 29.3 Å². The van der Waals surface area contributed by atoms with Crippen molar-refractivity contribution in [2.45, 2.75) is 39.7 Å². The highest BCUT2D eigenvalue weighted by atomic mass is 16.2.